The molecule has 22 heavy (non-hydrogen) atoms. The van der Waals surface area contributed by atoms with E-state index in [2.05, 4.69) is 16.9 Å². The summed E-state index contributed by atoms with van der Waals surface area (Å²) in [7, 11) is 0. The molecule has 2 N–H and O–H groups in total. The van der Waals surface area contributed by atoms with Crippen molar-refractivity contribution in [2.75, 3.05) is 13.2 Å². The lowest BCUT2D eigenvalue weighted by Crippen LogP contribution is -2.24. The molecule has 0 unspecified atom stereocenters. The Kier molecular flexibility index (Phi) is 6.14. The summed E-state index contributed by atoms with van der Waals surface area (Å²) in [6, 6.07) is 1.85. The molecule has 6 nitrogen and oxygen atoms in total. The topological polar surface area (TPSA) is 95.0 Å². The van der Waals surface area contributed by atoms with Crippen molar-refractivity contribution in [2.45, 2.75) is 20.8 Å². The monoisotopic (exact) mass is 301 g/mol. The summed E-state index contributed by atoms with van der Waals surface area (Å²) < 4.78 is 5.00. The van der Waals surface area contributed by atoms with Crippen molar-refractivity contribution in [3.05, 3.63) is 40.7 Å². The van der Waals surface area contributed by atoms with Gasteiger partial charge in [0.2, 0.25) is 0 Å². The molecule has 116 valence electrons. The van der Waals surface area contributed by atoms with E-state index in [1.165, 1.54) is 12.2 Å². The van der Waals surface area contributed by atoms with Gasteiger partial charge in [-0.15, -0.1) is 6.58 Å². The molecule has 0 aromatic carbocycles. The Balaban J connectivity index is 3.17. The first-order chi connectivity index (χ1) is 10.5. The molecule has 0 bridgehead atoms. The summed E-state index contributed by atoms with van der Waals surface area (Å²) in [4.78, 5) is 26.7. The number of hydrogen-bond acceptors (Lipinski definition) is 4. The zero-order chi connectivity index (χ0) is 16.7. The summed E-state index contributed by atoms with van der Waals surface area (Å²) in [6.45, 7) is 9.25. The van der Waals surface area contributed by atoms with Gasteiger partial charge in [-0.05, 0) is 32.4 Å². The molecule has 0 aliphatic rings. The first kappa shape index (κ1) is 17.2. The highest BCUT2D eigenvalue weighted by Gasteiger charge is 2.19. The second-order valence-corrected chi connectivity index (χ2v) is 4.55. The van der Waals surface area contributed by atoms with Gasteiger partial charge in [0.15, 0.2) is 0 Å². The second-order valence-electron chi connectivity index (χ2n) is 4.55. The minimum atomic E-state index is -0.494. The number of aromatic amines is 1. The average molecular weight is 301 g/mol. The number of hydrogen-bond donors (Lipinski definition) is 2. The highest BCUT2D eigenvalue weighted by molar-refractivity contribution is 6.02. The van der Waals surface area contributed by atoms with Crippen LogP contribution in [0.4, 0.5) is 0 Å². The van der Waals surface area contributed by atoms with E-state index in [9.17, 15) is 9.59 Å². The van der Waals surface area contributed by atoms with Crippen molar-refractivity contribution >= 4 is 18.0 Å². The largest absolute Gasteiger partial charge is 0.462 e. The Labute approximate surface area is 129 Å². The third-order valence-corrected chi connectivity index (χ3v) is 3.02. The lowest BCUT2D eigenvalue weighted by molar-refractivity contribution is -0.116. The minimum Gasteiger partial charge on any atom is -0.462 e. The number of nitriles is 1. The number of nitrogens with zero attached hydrogens (tertiary/aromatic N) is 1. The fourth-order valence-corrected chi connectivity index (χ4v) is 1.98. The number of esters is 1. The van der Waals surface area contributed by atoms with Gasteiger partial charge in [-0.2, -0.15) is 5.26 Å². The first-order valence-corrected chi connectivity index (χ1v) is 6.83. The van der Waals surface area contributed by atoms with E-state index in [4.69, 9.17) is 10.00 Å². The number of nitrogens with one attached hydrogen (secondary N) is 2. The zero-order valence-corrected chi connectivity index (χ0v) is 12.9. The van der Waals surface area contributed by atoms with Crippen molar-refractivity contribution < 1.29 is 14.3 Å². The van der Waals surface area contributed by atoms with Gasteiger partial charge in [0.25, 0.3) is 5.91 Å². The fraction of sp³-hybridized carbons (Fsp3) is 0.312. The maximum Gasteiger partial charge on any atom is 0.340 e. The quantitative estimate of drug-likeness (QED) is 0.364. The van der Waals surface area contributed by atoms with E-state index in [1.807, 2.05) is 6.07 Å². The number of rotatable bonds is 6. The number of carbonyl (C=O) groups excluding carboxylic acids is 2. The van der Waals surface area contributed by atoms with Gasteiger partial charge in [-0.1, -0.05) is 6.08 Å². The van der Waals surface area contributed by atoms with Crippen LogP contribution in [-0.2, 0) is 9.53 Å². The predicted molar refractivity (Wildman–Crippen MR) is 83.0 cm³/mol. The molecule has 0 spiro atoms. The molecular weight excluding hydrogens is 282 g/mol. The molecule has 6 heteroatoms. The van der Waals surface area contributed by atoms with E-state index in [-0.39, 0.29) is 18.7 Å². The Morgan fingerprint density at radius 1 is 1.45 bits per heavy atom. The van der Waals surface area contributed by atoms with E-state index in [0.717, 1.165) is 0 Å². The number of aryl methyl sites for hydroxylation is 1. The normalized spacial score (nSPS) is 10.7. The van der Waals surface area contributed by atoms with Crippen molar-refractivity contribution in [1.82, 2.24) is 10.3 Å². The third-order valence-electron chi connectivity index (χ3n) is 3.02. The lowest BCUT2D eigenvalue weighted by Gasteiger charge is -2.02. The van der Waals surface area contributed by atoms with E-state index >= 15 is 0 Å². The predicted octanol–water partition coefficient (Wildman–Crippen LogP) is 2.02. The zero-order valence-electron chi connectivity index (χ0n) is 12.9. The molecule has 1 aromatic rings. The highest BCUT2D eigenvalue weighted by Crippen LogP contribution is 2.21. The Morgan fingerprint density at radius 3 is 2.68 bits per heavy atom. The van der Waals surface area contributed by atoms with Crippen LogP contribution in [0.15, 0.2) is 18.2 Å². The molecule has 0 radical (unpaired) electrons. The maximum atomic E-state index is 11.9. The van der Waals surface area contributed by atoms with Gasteiger partial charge in [0.05, 0.1) is 12.2 Å². The summed E-state index contributed by atoms with van der Waals surface area (Å²) in [5, 5.41) is 11.6. The highest BCUT2D eigenvalue weighted by atomic mass is 16.5. The van der Waals surface area contributed by atoms with E-state index in [1.54, 1.807) is 20.8 Å². The van der Waals surface area contributed by atoms with Crippen LogP contribution in [0.3, 0.4) is 0 Å². The van der Waals surface area contributed by atoms with Crippen molar-refractivity contribution in [3.8, 4) is 6.07 Å². The van der Waals surface area contributed by atoms with E-state index in [0.29, 0.717) is 22.5 Å². The standard InChI is InChI=1S/C16H19N3O3/c1-5-7-18-15(20)12(9-17)8-13-10(3)14(11(4)19-13)16(21)22-6-2/h5,8,19H,1,6-7H2,2-4H3,(H,18,20)/b12-8+. The number of H-pyrrole nitrogens is 1. The van der Waals surface area contributed by atoms with Gasteiger partial charge >= 0.3 is 5.97 Å². The van der Waals surface area contributed by atoms with Gasteiger partial charge in [-0.25, -0.2) is 4.79 Å². The molecule has 0 saturated heterocycles. The van der Waals surface area contributed by atoms with Crippen LogP contribution in [0.1, 0.15) is 34.2 Å². The molecular formula is C16H19N3O3. The molecule has 1 aromatic heterocycles. The minimum absolute atomic E-state index is 0.0541. The number of aromatic nitrogens is 1. The molecule has 1 heterocycles. The summed E-state index contributed by atoms with van der Waals surface area (Å²) >= 11 is 0. The van der Waals surface area contributed by atoms with Crippen LogP contribution >= 0.6 is 0 Å². The Morgan fingerprint density at radius 2 is 2.14 bits per heavy atom. The summed E-state index contributed by atoms with van der Waals surface area (Å²) in [6.07, 6.45) is 2.94. The molecule has 0 aliphatic carbocycles. The van der Waals surface area contributed by atoms with Crippen LogP contribution in [0.25, 0.3) is 6.08 Å². The van der Waals surface area contributed by atoms with Crippen LogP contribution in [0.2, 0.25) is 0 Å². The number of amides is 1. The number of ether oxygens (including phenoxy) is 1. The van der Waals surface area contributed by atoms with Crippen LogP contribution in [0, 0.1) is 25.2 Å². The fourth-order valence-electron chi connectivity index (χ4n) is 1.98. The van der Waals surface area contributed by atoms with Crippen molar-refractivity contribution in [2.24, 2.45) is 0 Å². The molecule has 0 aliphatic heterocycles. The van der Waals surface area contributed by atoms with Crippen LogP contribution < -0.4 is 5.32 Å². The van der Waals surface area contributed by atoms with Gasteiger partial charge < -0.3 is 15.0 Å². The van der Waals surface area contributed by atoms with Gasteiger partial charge in [0, 0.05) is 17.9 Å². The SMILES string of the molecule is C=CCNC(=O)/C(C#N)=C/c1[nH]c(C)c(C(=O)OCC)c1C. The number of carbonyl (C=O) groups is 2. The maximum absolute atomic E-state index is 11.9. The van der Waals surface area contributed by atoms with E-state index < -0.39 is 11.9 Å². The van der Waals surface area contributed by atoms with Crippen molar-refractivity contribution in [3.63, 3.8) is 0 Å². The summed E-state index contributed by atoms with van der Waals surface area (Å²) in [5.74, 6) is -0.922. The Hall–Kier alpha value is -2.81. The van der Waals surface area contributed by atoms with Crippen LogP contribution in [-0.4, -0.2) is 30.0 Å². The molecule has 0 saturated carbocycles. The second kappa shape index (κ2) is 7.84. The van der Waals surface area contributed by atoms with Gasteiger partial charge in [0.1, 0.15) is 11.6 Å². The molecule has 1 amide bonds. The van der Waals surface area contributed by atoms with Crippen molar-refractivity contribution in [1.29, 1.82) is 5.26 Å². The molecule has 1 rings (SSSR count). The first-order valence-electron chi connectivity index (χ1n) is 6.83. The van der Waals surface area contributed by atoms with Crippen LogP contribution in [0.5, 0.6) is 0 Å². The summed E-state index contributed by atoms with van der Waals surface area (Å²) in [5.41, 5.74) is 2.18. The lowest BCUT2D eigenvalue weighted by atomic mass is 10.1. The molecule has 0 fully saturated rings. The molecule has 0 atom stereocenters. The Bertz CT molecular complexity index is 663. The third kappa shape index (κ3) is 3.85. The smallest absolute Gasteiger partial charge is 0.340 e. The average Bonchev–Trinajstić information content (AvgIpc) is 2.76. The van der Waals surface area contributed by atoms with Gasteiger partial charge in [-0.3, -0.25) is 4.79 Å².